The second-order valence-corrected chi connectivity index (χ2v) is 14.0. The minimum absolute atomic E-state index is 0.0562. The molecule has 176 valence electrons. The Morgan fingerprint density at radius 2 is 1.88 bits per heavy atom. The summed E-state index contributed by atoms with van der Waals surface area (Å²) >= 11 is 10.6. The number of hydrogen-bond acceptors (Lipinski definition) is 7. The highest BCUT2D eigenvalue weighted by atomic mass is 79.9. The zero-order valence-corrected chi connectivity index (χ0v) is 23.4. The molecule has 1 fully saturated rings. The van der Waals surface area contributed by atoms with Crippen LogP contribution in [0, 0.1) is 5.92 Å². The predicted octanol–water partition coefficient (Wildman–Crippen LogP) is 6.88. The largest absolute Gasteiger partial charge is 0.473 e. The molecule has 0 amide bonds. The van der Waals surface area contributed by atoms with Gasteiger partial charge in [-0.15, -0.1) is 22.7 Å². The van der Waals surface area contributed by atoms with Crippen LogP contribution in [-0.2, 0) is 6.54 Å². The number of anilines is 1. The standard InChI is InChI=1S/C25H22Br2N2O3S2/c1-28(2)13-3-5-15-17(11-13)31-25(30)22-21(18-6-8-20(27)34-18)16-9-10-29(24(16)32-23(15)22)12-14-4-7-19(26)33-14/h3-8,11,16,21,24H,9-10,12H2,1-2H3/t16-,21+,24+/m0/s1. The molecule has 1 saturated heterocycles. The quantitative estimate of drug-likeness (QED) is 0.233. The van der Waals surface area contributed by atoms with Gasteiger partial charge in [0, 0.05) is 60.5 Å². The van der Waals surface area contributed by atoms with Crippen LogP contribution in [0.25, 0.3) is 11.0 Å². The van der Waals surface area contributed by atoms with Gasteiger partial charge in [0.05, 0.1) is 18.5 Å². The number of thiophene rings is 2. The topological polar surface area (TPSA) is 45.9 Å². The lowest BCUT2D eigenvalue weighted by atomic mass is 9.81. The maximum atomic E-state index is 13.4. The van der Waals surface area contributed by atoms with Crippen molar-refractivity contribution < 1.29 is 9.15 Å². The number of benzene rings is 1. The van der Waals surface area contributed by atoms with Gasteiger partial charge in [-0.2, -0.15) is 0 Å². The Labute approximate surface area is 222 Å². The van der Waals surface area contributed by atoms with E-state index in [-0.39, 0.29) is 23.7 Å². The number of rotatable bonds is 4. The molecule has 4 aromatic rings. The maximum absolute atomic E-state index is 13.4. The van der Waals surface area contributed by atoms with E-state index in [0.717, 1.165) is 38.2 Å². The molecule has 3 aromatic heterocycles. The van der Waals surface area contributed by atoms with Crippen LogP contribution in [0.2, 0.25) is 0 Å². The Morgan fingerprint density at radius 1 is 1.09 bits per heavy atom. The summed E-state index contributed by atoms with van der Waals surface area (Å²) in [5, 5.41) is 0.852. The first kappa shape index (κ1) is 22.8. The van der Waals surface area contributed by atoms with E-state index in [9.17, 15) is 4.79 Å². The molecular weight excluding hydrogens is 600 g/mol. The van der Waals surface area contributed by atoms with Crippen LogP contribution in [-0.4, -0.2) is 31.8 Å². The third kappa shape index (κ3) is 3.86. The van der Waals surface area contributed by atoms with E-state index in [2.05, 4.69) is 61.0 Å². The molecule has 2 aliphatic heterocycles. The molecule has 6 rings (SSSR count). The molecule has 1 aromatic carbocycles. The van der Waals surface area contributed by atoms with Crippen molar-refractivity contribution in [2.75, 3.05) is 25.5 Å². The summed E-state index contributed by atoms with van der Waals surface area (Å²) in [6.07, 6.45) is 0.867. The summed E-state index contributed by atoms with van der Waals surface area (Å²) in [6, 6.07) is 14.4. The highest BCUT2D eigenvalue weighted by Crippen LogP contribution is 2.51. The molecule has 0 aliphatic carbocycles. The van der Waals surface area contributed by atoms with Crippen LogP contribution < -0.4 is 15.3 Å². The Hall–Kier alpha value is -1.65. The lowest BCUT2D eigenvalue weighted by Crippen LogP contribution is -2.43. The summed E-state index contributed by atoms with van der Waals surface area (Å²) < 4.78 is 14.8. The van der Waals surface area contributed by atoms with Crippen LogP contribution >= 0.6 is 54.5 Å². The SMILES string of the molecule is CN(C)c1ccc2c3c(c(=O)oc2c1)[C@@H](c1ccc(Br)s1)[C@@H]1CCN(Cc2ccc(Br)s2)[C@@H]1O3. The molecule has 0 radical (unpaired) electrons. The Bertz CT molecular complexity index is 1440. The third-order valence-electron chi connectivity index (χ3n) is 6.74. The fourth-order valence-corrected chi connectivity index (χ4v) is 8.31. The Kier molecular flexibility index (Phi) is 5.89. The minimum atomic E-state index is -0.299. The van der Waals surface area contributed by atoms with Crippen molar-refractivity contribution in [3.8, 4) is 5.75 Å². The number of fused-ring (bicyclic) bond motifs is 4. The third-order valence-corrected chi connectivity index (χ3v) is 10.1. The first-order valence-corrected chi connectivity index (χ1v) is 14.3. The Morgan fingerprint density at radius 3 is 2.59 bits per heavy atom. The highest BCUT2D eigenvalue weighted by Gasteiger charge is 2.48. The summed E-state index contributed by atoms with van der Waals surface area (Å²) in [7, 11) is 3.95. The van der Waals surface area contributed by atoms with E-state index < -0.39 is 0 Å². The van der Waals surface area contributed by atoms with Crippen molar-refractivity contribution in [2.24, 2.45) is 5.92 Å². The van der Waals surface area contributed by atoms with Crippen molar-refractivity contribution in [1.29, 1.82) is 0 Å². The van der Waals surface area contributed by atoms with Gasteiger partial charge in [-0.1, -0.05) is 0 Å². The molecule has 0 N–H and O–H groups in total. The predicted molar refractivity (Wildman–Crippen MR) is 146 cm³/mol. The minimum Gasteiger partial charge on any atom is -0.473 e. The molecule has 9 heteroatoms. The van der Waals surface area contributed by atoms with Crippen molar-refractivity contribution >= 4 is 71.2 Å². The van der Waals surface area contributed by atoms with E-state index in [1.54, 1.807) is 22.7 Å². The first-order valence-electron chi connectivity index (χ1n) is 11.1. The number of likely N-dealkylation sites (tertiary alicyclic amines) is 1. The fraction of sp³-hybridized carbons (Fsp3) is 0.320. The van der Waals surface area contributed by atoms with Crippen molar-refractivity contribution in [3.63, 3.8) is 0 Å². The molecule has 34 heavy (non-hydrogen) atoms. The van der Waals surface area contributed by atoms with Crippen molar-refractivity contribution in [2.45, 2.75) is 25.1 Å². The smallest absolute Gasteiger partial charge is 0.343 e. The van der Waals surface area contributed by atoms with Gasteiger partial charge < -0.3 is 14.1 Å². The van der Waals surface area contributed by atoms with Crippen LogP contribution in [0.5, 0.6) is 5.75 Å². The van der Waals surface area contributed by atoms with Crippen LogP contribution in [0.4, 0.5) is 5.69 Å². The second-order valence-electron chi connectivity index (χ2n) is 8.96. The molecular formula is C25H22Br2N2O3S2. The molecule has 0 unspecified atom stereocenters. The zero-order chi connectivity index (χ0) is 23.6. The van der Waals surface area contributed by atoms with E-state index >= 15 is 0 Å². The highest BCUT2D eigenvalue weighted by molar-refractivity contribution is 9.11. The van der Waals surface area contributed by atoms with Gasteiger partial charge in [0.2, 0.25) is 0 Å². The fourth-order valence-electron chi connectivity index (χ4n) is 5.19. The van der Waals surface area contributed by atoms with Gasteiger partial charge in [-0.25, -0.2) is 4.79 Å². The molecule has 5 nitrogen and oxygen atoms in total. The van der Waals surface area contributed by atoms with E-state index in [4.69, 9.17) is 9.15 Å². The summed E-state index contributed by atoms with van der Waals surface area (Å²) in [4.78, 5) is 20.3. The molecule has 0 spiro atoms. The van der Waals surface area contributed by atoms with Gasteiger partial charge >= 0.3 is 5.63 Å². The molecule has 0 bridgehead atoms. The van der Waals surface area contributed by atoms with Gasteiger partial charge in [0.15, 0.2) is 6.23 Å². The summed E-state index contributed by atoms with van der Waals surface area (Å²) in [5.41, 5.74) is 1.90. The summed E-state index contributed by atoms with van der Waals surface area (Å²) in [5.74, 6) is 0.800. The van der Waals surface area contributed by atoms with Crippen LogP contribution in [0.3, 0.4) is 0 Å². The lowest BCUT2D eigenvalue weighted by Gasteiger charge is -2.38. The average Bonchev–Trinajstić information content (AvgIpc) is 3.53. The second kappa shape index (κ2) is 8.78. The van der Waals surface area contributed by atoms with E-state index in [0.29, 0.717) is 16.9 Å². The van der Waals surface area contributed by atoms with Gasteiger partial charge in [-0.05, 0) is 74.7 Å². The normalized spacial score (nSPS) is 21.9. The van der Waals surface area contributed by atoms with E-state index in [1.165, 1.54) is 9.75 Å². The van der Waals surface area contributed by atoms with Gasteiger partial charge in [-0.3, -0.25) is 4.90 Å². The van der Waals surface area contributed by atoms with Crippen LogP contribution in [0.15, 0.2) is 59.2 Å². The molecule has 5 heterocycles. The molecule has 3 atom stereocenters. The summed E-state index contributed by atoms with van der Waals surface area (Å²) in [6.45, 7) is 1.76. The zero-order valence-electron chi connectivity index (χ0n) is 18.6. The number of hydrogen-bond donors (Lipinski definition) is 0. The Balaban J connectivity index is 1.50. The molecule has 0 saturated carbocycles. The monoisotopic (exact) mass is 620 g/mol. The van der Waals surface area contributed by atoms with Gasteiger partial charge in [0.1, 0.15) is 11.3 Å². The van der Waals surface area contributed by atoms with Crippen LogP contribution in [0.1, 0.15) is 27.7 Å². The van der Waals surface area contributed by atoms with Gasteiger partial charge in [0.25, 0.3) is 0 Å². The number of nitrogens with zero attached hydrogens (tertiary/aromatic N) is 2. The average molecular weight is 622 g/mol. The van der Waals surface area contributed by atoms with Crippen molar-refractivity contribution in [3.05, 3.63) is 75.8 Å². The lowest BCUT2D eigenvalue weighted by molar-refractivity contribution is 0.00893. The molecule has 2 aliphatic rings. The number of halogens is 2. The first-order chi connectivity index (χ1) is 16.4. The maximum Gasteiger partial charge on any atom is 0.343 e. The van der Waals surface area contributed by atoms with Crippen molar-refractivity contribution in [1.82, 2.24) is 4.90 Å². The number of ether oxygens (including phenoxy) is 1. The van der Waals surface area contributed by atoms with E-state index in [1.807, 2.05) is 37.2 Å².